The zero-order valence-electron chi connectivity index (χ0n) is 13.6. The van der Waals surface area contributed by atoms with E-state index < -0.39 is 0 Å². The number of para-hydroxylation sites is 1. The highest BCUT2D eigenvalue weighted by Gasteiger charge is 2.40. The van der Waals surface area contributed by atoms with Gasteiger partial charge in [-0.3, -0.25) is 0 Å². The Balaban J connectivity index is 0.00000156. The summed E-state index contributed by atoms with van der Waals surface area (Å²) in [5.41, 5.74) is 1.36. The fraction of sp³-hybridized carbons (Fsp3) is 0.684. The van der Waals surface area contributed by atoms with Crippen LogP contribution >= 0.6 is 12.4 Å². The molecule has 128 valence electrons. The van der Waals surface area contributed by atoms with Crippen LogP contribution in [0.1, 0.15) is 50.0 Å². The first-order valence-corrected chi connectivity index (χ1v) is 8.95. The molecule has 0 radical (unpaired) electrons. The van der Waals surface area contributed by atoms with E-state index in [-0.39, 0.29) is 24.6 Å². The fourth-order valence-corrected chi connectivity index (χ4v) is 4.71. The van der Waals surface area contributed by atoms with Crippen LogP contribution in [0.4, 0.5) is 0 Å². The molecule has 23 heavy (non-hydrogen) atoms. The van der Waals surface area contributed by atoms with Gasteiger partial charge in [0.2, 0.25) is 0 Å². The van der Waals surface area contributed by atoms with Crippen molar-refractivity contribution in [3.8, 4) is 5.75 Å². The lowest BCUT2D eigenvalue weighted by Gasteiger charge is -2.36. The van der Waals surface area contributed by atoms with E-state index in [2.05, 4.69) is 29.6 Å². The first-order chi connectivity index (χ1) is 10.8. The van der Waals surface area contributed by atoms with E-state index in [9.17, 15) is 5.11 Å². The predicted octanol–water partition coefficient (Wildman–Crippen LogP) is 3.50. The highest BCUT2D eigenvalue weighted by Crippen LogP contribution is 2.40. The van der Waals surface area contributed by atoms with Crippen molar-refractivity contribution in [1.29, 1.82) is 0 Å². The highest BCUT2D eigenvalue weighted by molar-refractivity contribution is 5.85. The molecule has 3 aliphatic rings. The molecule has 3 nitrogen and oxygen atoms in total. The maximum atomic E-state index is 10.5. The molecule has 1 heterocycles. The summed E-state index contributed by atoms with van der Waals surface area (Å²) >= 11 is 0. The Kier molecular flexibility index (Phi) is 5.50. The van der Waals surface area contributed by atoms with E-state index in [0.29, 0.717) is 17.8 Å². The summed E-state index contributed by atoms with van der Waals surface area (Å²) in [6, 6.07) is 8.50. The van der Waals surface area contributed by atoms with E-state index in [1.165, 1.54) is 31.2 Å². The number of rotatable bonds is 3. The molecular formula is C19H28ClNO2. The molecule has 0 amide bonds. The minimum atomic E-state index is -0.321. The van der Waals surface area contributed by atoms with Crippen LogP contribution in [0.5, 0.6) is 5.75 Å². The Morgan fingerprint density at radius 1 is 1.00 bits per heavy atom. The van der Waals surface area contributed by atoms with Crippen LogP contribution in [0.2, 0.25) is 0 Å². The van der Waals surface area contributed by atoms with Gasteiger partial charge in [-0.1, -0.05) is 31.0 Å². The Morgan fingerprint density at radius 3 is 2.48 bits per heavy atom. The van der Waals surface area contributed by atoms with Crippen LogP contribution in [0.3, 0.4) is 0 Å². The van der Waals surface area contributed by atoms with E-state index in [1.807, 2.05) is 0 Å². The Morgan fingerprint density at radius 2 is 1.70 bits per heavy atom. The minimum Gasteiger partial charge on any atom is -0.487 e. The third kappa shape index (κ3) is 3.52. The van der Waals surface area contributed by atoms with Gasteiger partial charge in [0.1, 0.15) is 11.9 Å². The summed E-state index contributed by atoms with van der Waals surface area (Å²) in [4.78, 5) is 0. The van der Waals surface area contributed by atoms with Gasteiger partial charge in [0.15, 0.2) is 0 Å². The Hall–Kier alpha value is -0.770. The Bertz CT molecular complexity index is 518. The van der Waals surface area contributed by atoms with Gasteiger partial charge in [-0.2, -0.15) is 0 Å². The zero-order valence-corrected chi connectivity index (χ0v) is 14.4. The quantitative estimate of drug-likeness (QED) is 0.887. The zero-order chi connectivity index (χ0) is 14.9. The first kappa shape index (κ1) is 17.1. The van der Waals surface area contributed by atoms with Crippen LogP contribution in [0, 0.1) is 11.8 Å². The SMILES string of the molecule is Cl.O[C@@H]1C[C@H]2CNC[C@H]2C[C@H]1Oc1ccccc1C1CCCC1. The number of hydrogen-bond acceptors (Lipinski definition) is 3. The summed E-state index contributed by atoms with van der Waals surface area (Å²) in [6.45, 7) is 2.15. The van der Waals surface area contributed by atoms with Crippen molar-refractivity contribution >= 4 is 12.4 Å². The number of aliphatic hydroxyl groups is 1. The summed E-state index contributed by atoms with van der Waals surface area (Å²) in [7, 11) is 0. The molecule has 1 aromatic rings. The number of nitrogens with one attached hydrogen (secondary N) is 1. The molecular weight excluding hydrogens is 310 g/mol. The molecule has 4 atom stereocenters. The summed E-state index contributed by atoms with van der Waals surface area (Å²) in [5, 5.41) is 13.9. The molecule has 2 N–H and O–H groups in total. The third-order valence-corrected chi connectivity index (χ3v) is 5.98. The van der Waals surface area contributed by atoms with Crippen molar-refractivity contribution in [3.63, 3.8) is 0 Å². The molecule has 1 aliphatic heterocycles. The average molecular weight is 338 g/mol. The number of ether oxygens (including phenoxy) is 1. The Labute approximate surface area is 145 Å². The maximum Gasteiger partial charge on any atom is 0.125 e. The van der Waals surface area contributed by atoms with Gasteiger partial charge in [0.25, 0.3) is 0 Å². The van der Waals surface area contributed by atoms with Crippen molar-refractivity contribution in [2.75, 3.05) is 13.1 Å². The monoisotopic (exact) mass is 337 g/mol. The standard InChI is InChI=1S/C19H27NO2.ClH/c21-17-9-14-11-20-12-15(14)10-19(17)22-18-8-4-3-7-16(18)13-5-1-2-6-13;/h3-4,7-8,13-15,17,19-21H,1-2,5-6,9-12H2;1H/t14-,15+,17+,19+;/m0./s1. The molecule has 4 rings (SSSR count). The molecule has 3 fully saturated rings. The minimum absolute atomic E-state index is 0. The van der Waals surface area contributed by atoms with Crippen LogP contribution < -0.4 is 10.1 Å². The number of halogens is 1. The number of fused-ring (bicyclic) bond motifs is 1. The summed E-state index contributed by atoms with van der Waals surface area (Å²) in [6.07, 6.45) is 6.73. The van der Waals surface area contributed by atoms with Crippen molar-refractivity contribution in [2.24, 2.45) is 11.8 Å². The predicted molar refractivity (Wildman–Crippen MR) is 94.4 cm³/mol. The maximum absolute atomic E-state index is 10.5. The van der Waals surface area contributed by atoms with Gasteiger partial charge in [0, 0.05) is 0 Å². The van der Waals surface area contributed by atoms with Crippen LogP contribution in [-0.2, 0) is 0 Å². The lowest BCUT2D eigenvalue weighted by Crippen LogP contribution is -2.42. The van der Waals surface area contributed by atoms with E-state index in [1.54, 1.807) is 0 Å². The van der Waals surface area contributed by atoms with Gasteiger partial charge in [-0.15, -0.1) is 12.4 Å². The first-order valence-electron chi connectivity index (χ1n) is 8.95. The smallest absolute Gasteiger partial charge is 0.125 e. The fourth-order valence-electron chi connectivity index (χ4n) is 4.71. The lowest BCUT2D eigenvalue weighted by atomic mass is 9.78. The number of aliphatic hydroxyl groups excluding tert-OH is 1. The molecule has 4 heteroatoms. The van der Waals surface area contributed by atoms with Gasteiger partial charge in [0.05, 0.1) is 6.10 Å². The van der Waals surface area contributed by atoms with Crippen molar-refractivity contribution in [1.82, 2.24) is 5.32 Å². The molecule has 2 aliphatic carbocycles. The average Bonchev–Trinajstić information content (AvgIpc) is 3.19. The molecule has 1 saturated heterocycles. The molecule has 0 unspecified atom stereocenters. The second kappa shape index (κ2) is 7.42. The van der Waals surface area contributed by atoms with Gasteiger partial charge >= 0.3 is 0 Å². The van der Waals surface area contributed by atoms with E-state index in [0.717, 1.165) is 31.7 Å². The number of benzene rings is 1. The third-order valence-electron chi connectivity index (χ3n) is 5.98. The van der Waals surface area contributed by atoms with Crippen molar-refractivity contribution in [3.05, 3.63) is 29.8 Å². The normalized spacial score (nSPS) is 34.0. The second-order valence-electron chi connectivity index (χ2n) is 7.39. The van der Waals surface area contributed by atoms with Crippen LogP contribution in [0.25, 0.3) is 0 Å². The van der Waals surface area contributed by atoms with Gasteiger partial charge < -0.3 is 15.2 Å². The van der Waals surface area contributed by atoms with E-state index >= 15 is 0 Å². The van der Waals surface area contributed by atoms with Crippen molar-refractivity contribution < 1.29 is 9.84 Å². The highest BCUT2D eigenvalue weighted by atomic mass is 35.5. The van der Waals surface area contributed by atoms with Gasteiger partial charge in [-0.25, -0.2) is 0 Å². The van der Waals surface area contributed by atoms with Crippen molar-refractivity contribution in [2.45, 2.75) is 56.7 Å². The van der Waals surface area contributed by atoms with Crippen LogP contribution in [0.15, 0.2) is 24.3 Å². The summed E-state index contributed by atoms with van der Waals surface area (Å²) in [5.74, 6) is 2.98. The lowest BCUT2D eigenvalue weighted by molar-refractivity contribution is -0.0236. The van der Waals surface area contributed by atoms with Gasteiger partial charge in [-0.05, 0) is 68.2 Å². The number of hydrogen-bond donors (Lipinski definition) is 2. The molecule has 0 aromatic heterocycles. The summed E-state index contributed by atoms with van der Waals surface area (Å²) < 4.78 is 6.34. The van der Waals surface area contributed by atoms with Crippen LogP contribution in [-0.4, -0.2) is 30.4 Å². The molecule has 0 spiro atoms. The second-order valence-corrected chi connectivity index (χ2v) is 7.39. The molecule has 2 saturated carbocycles. The molecule has 0 bridgehead atoms. The topological polar surface area (TPSA) is 41.5 Å². The largest absolute Gasteiger partial charge is 0.487 e. The molecule has 1 aromatic carbocycles. The van der Waals surface area contributed by atoms with E-state index in [4.69, 9.17) is 4.74 Å².